The molecule has 1 aromatic heterocycles. The molecule has 0 amide bonds. The van der Waals surface area contributed by atoms with Crippen molar-refractivity contribution >= 4 is 17.3 Å². The zero-order valence-electron chi connectivity index (χ0n) is 10.5. The first-order valence-electron chi connectivity index (χ1n) is 6.22. The highest BCUT2D eigenvalue weighted by Gasteiger charge is 2.21. The number of piperidine rings is 1. The molecule has 1 aliphatic rings. The smallest absolute Gasteiger partial charge is 0.129 e. The first-order chi connectivity index (χ1) is 8.15. The number of nitrogens with zero attached hydrogens (tertiary/aromatic N) is 2. The zero-order chi connectivity index (χ0) is 12.3. The highest BCUT2D eigenvalue weighted by Crippen LogP contribution is 2.22. The summed E-state index contributed by atoms with van der Waals surface area (Å²) in [4.78, 5) is 6.48. The van der Waals surface area contributed by atoms with Gasteiger partial charge in [-0.05, 0) is 58.0 Å². The number of aromatic nitrogens is 1. The zero-order valence-corrected chi connectivity index (χ0v) is 11.2. The molecule has 4 heteroatoms. The van der Waals surface area contributed by atoms with Gasteiger partial charge in [0.15, 0.2) is 0 Å². The maximum atomic E-state index is 5.77. The predicted molar refractivity (Wildman–Crippen MR) is 72.6 cm³/mol. The summed E-state index contributed by atoms with van der Waals surface area (Å²) in [5.74, 6) is 0.752. The molecule has 0 aliphatic carbocycles. The molecule has 0 saturated carbocycles. The van der Waals surface area contributed by atoms with Crippen LogP contribution in [0.25, 0.3) is 0 Å². The van der Waals surface area contributed by atoms with E-state index in [1.807, 2.05) is 12.1 Å². The molecule has 1 aliphatic heterocycles. The van der Waals surface area contributed by atoms with E-state index >= 15 is 0 Å². The number of pyridine rings is 1. The first kappa shape index (κ1) is 12.7. The summed E-state index contributed by atoms with van der Waals surface area (Å²) < 4.78 is 0. The number of hydrogen-bond acceptors (Lipinski definition) is 3. The maximum Gasteiger partial charge on any atom is 0.129 e. The minimum atomic E-state index is 0.492. The average Bonchev–Trinajstić information content (AvgIpc) is 2.33. The summed E-state index contributed by atoms with van der Waals surface area (Å²) in [6.07, 6.45) is 4.34. The number of likely N-dealkylation sites (tertiary alicyclic amines) is 1. The van der Waals surface area contributed by atoms with Gasteiger partial charge in [0, 0.05) is 6.04 Å². The molecule has 0 spiro atoms. The van der Waals surface area contributed by atoms with Crippen LogP contribution < -0.4 is 5.32 Å². The Morgan fingerprint density at radius 1 is 1.41 bits per heavy atom. The third kappa shape index (κ3) is 3.58. The Hall–Kier alpha value is -0.800. The van der Waals surface area contributed by atoms with Gasteiger partial charge in [-0.2, -0.15) is 0 Å². The first-order valence-corrected chi connectivity index (χ1v) is 6.59. The van der Waals surface area contributed by atoms with E-state index in [1.165, 1.54) is 25.9 Å². The van der Waals surface area contributed by atoms with E-state index in [-0.39, 0.29) is 0 Å². The molecule has 3 nitrogen and oxygen atoms in total. The summed E-state index contributed by atoms with van der Waals surface area (Å²) in [7, 11) is 2.19. The minimum Gasteiger partial charge on any atom is -0.381 e. The summed E-state index contributed by atoms with van der Waals surface area (Å²) >= 11 is 5.77. The molecule has 0 bridgehead atoms. The van der Waals surface area contributed by atoms with Crippen LogP contribution in [0.4, 0.5) is 5.69 Å². The quantitative estimate of drug-likeness (QED) is 0.840. The molecular formula is C13H20ClN3. The lowest BCUT2D eigenvalue weighted by molar-refractivity contribution is 0.208. The van der Waals surface area contributed by atoms with Crippen molar-refractivity contribution in [2.24, 2.45) is 5.92 Å². The van der Waals surface area contributed by atoms with Crippen LogP contribution in [0.1, 0.15) is 19.8 Å². The van der Waals surface area contributed by atoms with E-state index in [1.54, 1.807) is 6.20 Å². The van der Waals surface area contributed by atoms with Crippen molar-refractivity contribution in [1.29, 1.82) is 0 Å². The Morgan fingerprint density at radius 2 is 2.12 bits per heavy atom. The molecule has 1 fully saturated rings. The van der Waals surface area contributed by atoms with Crippen LogP contribution >= 0.6 is 11.6 Å². The van der Waals surface area contributed by atoms with Crippen LogP contribution in [-0.2, 0) is 0 Å². The minimum absolute atomic E-state index is 0.492. The standard InChI is InChI=1S/C13H20ClN3/c1-10(11-5-7-17(2)8-6-11)16-12-3-4-13(14)15-9-12/h3-4,9-11,16H,5-8H2,1-2H3. The van der Waals surface area contributed by atoms with Gasteiger partial charge in [0.1, 0.15) is 5.15 Å². The van der Waals surface area contributed by atoms with Gasteiger partial charge in [-0.3, -0.25) is 0 Å². The van der Waals surface area contributed by atoms with Crippen molar-refractivity contribution in [2.45, 2.75) is 25.8 Å². The van der Waals surface area contributed by atoms with Crippen LogP contribution in [0.3, 0.4) is 0 Å². The van der Waals surface area contributed by atoms with Gasteiger partial charge in [-0.15, -0.1) is 0 Å². The topological polar surface area (TPSA) is 28.2 Å². The molecule has 2 heterocycles. The monoisotopic (exact) mass is 253 g/mol. The lowest BCUT2D eigenvalue weighted by atomic mass is 9.90. The summed E-state index contributed by atoms with van der Waals surface area (Å²) in [5, 5.41) is 4.06. The highest BCUT2D eigenvalue weighted by atomic mass is 35.5. The van der Waals surface area contributed by atoms with Crippen molar-refractivity contribution < 1.29 is 0 Å². The second-order valence-corrected chi connectivity index (χ2v) is 5.33. The van der Waals surface area contributed by atoms with Crippen LogP contribution in [0, 0.1) is 5.92 Å². The number of nitrogens with one attached hydrogen (secondary N) is 1. The normalized spacial score (nSPS) is 20.2. The van der Waals surface area contributed by atoms with E-state index in [9.17, 15) is 0 Å². The van der Waals surface area contributed by atoms with Gasteiger partial charge in [-0.25, -0.2) is 4.98 Å². The van der Waals surface area contributed by atoms with Gasteiger partial charge in [0.05, 0.1) is 11.9 Å². The number of halogens is 1. The maximum absolute atomic E-state index is 5.77. The lowest BCUT2D eigenvalue weighted by Gasteiger charge is -2.33. The molecule has 94 valence electrons. The molecule has 17 heavy (non-hydrogen) atoms. The molecule has 1 atom stereocenters. The SMILES string of the molecule is CC(Nc1ccc(Cl)nc1)C1CCN(C)CC1. The fourth-order valence-corrected chi connectivity index (χ4v) is 2.48. The van der Waals surface area contributed by atoms with Gasteiger partial charge >= 0.3 is 0 Å². The van der Waals surface area contributed by atoms with E-state index in [2.05, 4.69) is 29.2 Å². The van der Waals surface area contributed by atoms with Crippen molar-refractivity contribution in [1.82, 2.24) is 9.88 Å². The van der Waals surface area contributed by atoms with E-state index in [4.69, 9.17) is 11.6 Å². The average molecular weight is 254 g/mol. The predicted octanol–water partition coefficient (Wildman–Crippen LogP) is 2.88. The molecule has 1 aromatic rings. The molecule has 1 saturated heterocycles. The van der Waals surface area contributed by atoms with Crippen LogP contribution in [0.2, 0.25) is 5.15 Å². The summed E-state index contributed by atoms with van der Waals surface area (Å²) in [6.45, 7) is 4.66. The van der Waals surface area contributed by atoms with Gasteiger partial charge in [-0.1, -0.05) is 11.6 Å². The Kier molecular flexibility index (Phi) is 4.24. The Labute approximate surface area is 108 Å². The molecule has 1 N–H and O–H groups in total. The molecule has 1 unspecified atom stereocenters. The van der Waals surface area contributed by atoms with Crippen molar-refractivity contribution in [2.75, 3.05) is 25.5 Å². The van der Waals surface area contributed by atoms with E-state index in [0.717, 1.165) is 11.6 Å². The van der Waals surface area contributed by atoms with E-state index < -0.39 is 0 Å². The number of hydrogen-bond donors (Lipinski definition) is 1. The highest BCUT2D eigenvalue weighted by molar-refractivity contribution is 6.29. The lowest BCUT2D eigenvalue weighted by Crippen LogP contribution is -2.37. The molecule has 0 radical (unpaired) electrons. The summed E-state index contributed by atoms with van der Waals surface area (Å²) in [5.41, 5.74) is 1.06. The van der Waals surface area contributed by atoms with E-state index in [0.29, 0.717) is 11.2 Å². The molecular weight excluding hydrogens is 234 g/mol. The van der Waals surface area contributed by atoms with Crippen LogP contribution in [0.5, 0.6) is 0 Å². The summed E-state index contributed by atoms with van der Waals surface area (Å²) in [6, 6.07) is 4.30. The van der Waals surface area contributed by atoms with Crippen molar-refractivity contribution in [3.05, 3.63) is 23.5 Å². The van der Waals surface area contributed by atoms with Gasteiger partial charge < -0.3 is 10.2 Å². The number of anilines is 1. The van der Waals surface area contributed by atoms with Crippen molar-refractivity contribution in [3.63, 3.8) is 0 Å². The number of rotatable bonds is 3. The Balaban J connectivity index is 1.88. The van der Waals surface area contributed by atoms with Gasteiger partial charge in [0.25, 0.3) is 0 Å². The third-order valence-corrected chi connectivity index (χ3v) is 3.82. The second-order valence-electron chi connectivity index (χ2n) is 4.94. The van der Waals surface area contributed by atoms with Crippen LogP contribution in [0.15, 0.2) is 18.3 Å². The Morgan fingerprint density at radius 3 is 2.71 bits per heavy atom. The van der Waals surface area contributed by atoms with Gasteiger partial charge in [0.2, 0.25) is 0 Å². The fraction of sp³-hybridized carbons (Fsp3) is 0.615. The van der Waals surface area contributed by atoms with Crippen LogP contribution in [-0.4, -0.2) is 36.1 Å². The largest absolute Gasteiger partial charge is 0.381 e. The fourth-order valence-electron chi connectivity index (χ4n) is 2.37. The molecule has 2 rings (SSSR count). The molecule has 0 aromatic carbocycles. The second kappa shape index (κ2) is 5.69. The third-order valence-electron chi connectivity index (χ3n) is 3.59. The van der Waals surface area contributed by atoms with Crippen molar-refractivity contribution in [3.8, 4) is 0 Å². The Bertz CT molecular complexity index is 344.